The van der Waals surface area contributed by atoms with Gasteiger partial charge in [-0.25, -0.2) is 9.78 Å². The average Bonchev–Trinajstić information content (AvgIpc) is 2.80. The number of hydrogen-bond donors (Lipinski definition) is 1. The van der Waals surface area contributed by atoms with Crippen molar-refractivity contribution in [3.63, 3.8) is 0 Å². The molecule has 2 aromatic rings. The van der Waals surface area contributed by atoms with Gasteiger partial charge in [-0.3, -0.25) is 13.9 Å². The minimum absolute atomic E-state index is 0.347. The largest absolute Gasteiger partial charge is 0.383 e. The molecule has 0 fully saturated rings. The standard InChI is InChI=1S/C11H17N5O3/c1-14-10(17)8-9(13-7-15(8)4-3-12)16(11(14)18)5-6-19-2/h7H,3-6,12H2,1-2H3. The predicted molar refractivity (Wildman–Crippen MR) is 70.2 cm³/mol. The van der Waals surface area contributed by atoms with Gasteiger partial charge in [-0.1, -0.05) is 0 Å². The van der Waals surface area contributed by atoms with Gasteiger partial charge in [0.05, 0.1) is 19.5 Å². The van der Waals surface area contributed by atoms with E-state index in [2.05, 4.69) is 4.98 Å². The van der Waals surface area contributed by atoms with Crippen LogP contribution >= 0.6 is 0 Å². The van der Waals surface area contributed by atoms with Crippen LogP contribution in [0.5, 0.6) is 0 Å². The minimum Gasteiger partial charge on any atom is -0.383 e. The Morgan fingerprint density at radius 1 is 1.37 bits per heavy atom. The lowest BCUT2D eigenvalue weighted by molar-refractivity contribution is 0.186. The van der Waals surface area contributed by atoms with Crippen LogP contribution in [0.3, 0.4) is 0 Å². The van der Waals surface area contributed by atoms with Gasteiger partial charge in [-0.05, 0) is 0 Å². The molecule has 0 aliphatic rings. The molecule has 0 aromatic carbocycles. The van der Waals surface area contributed by atoms with Crippen molar-refractivity contribution in [2.45, 2.75) is 13.1 Å². The molecule has 2 heterocycles. The van der Waals surface area contributed by atoms with Gasteiger partial charge in [-0.2, -0.15) is 0 Å². The second-order valence-electron chi connectivity index (χ2n) is 4.19. The minimum atomic E-state index is -0.396. The summed E-state index contributed by atoms with van der Waals surface area (Å²) in [5.41, 5.74) is 5.51. The number of hydrogen-bond acceptors (Lipinski definition) is 5. The number of methoxy groups -OCH3 is 1. The highest BCUT2D eigenvalue weighted by molar-refractivity contribution is 5.70. The second-order valence-corrected chi connectivity index (χ2v) is 4.19. The molecule has 104 valence electrons. The number of ether oxygens (including phenoxy) is 1. The molecule has 19 heavy (non-hydrogen) atoms. The molecule has 2 N–H and O–H groups in total. The molecule has 0 aliphatic carbocycles. The maximum absolute atomic E-state index is 12.1. The Balaban J connectivity index is 2.74. The van der Waals surface area contributed by atoms with E-state index in [4.69, 9.17) is 10.5 Å². The molecule has 0 atom stereocenters. The van der Waals surface area contributed by atoms with Crippen molar-refractivity contribution in [2.75, 3.05) is 20.3 Å². The molecule has 2 rings (SSSR count). The van der Waals surface area contributed by atoms with Crippen molar-refractivity contribution in [1.82, 2.24) is 18.7 Å². The van der Waals surface area contributed by atoms with E-state index in [9.17, 15) is 9.59 Å². The topological polar surface area (TPSA) is 97.1 Å². The van der Waals surface area contributed by atoms with Crippen LogP contribution in [-0.2, 0) is 24.9 Å². The Bertz CT molecular complexity index is 697. The Morgan fingerprint density at radius 2 is 2.11 bits per heavy atom. The predicted octanol–water partition coefficient (Wildman–Crippen LogP) is -1.50. The van der Waals surface area contributed by atoms with Gasteiger partial charge >= 0.3 is 5.69 Å². The quantitative estimate of drug-likeness (QED) is 0.711. The summed E-state index contributed by atoms with van der Waals surface area (Å²) >= 11 is 0. The first-order valence-corrected chi connectivity index (χ1v) is 5.95. The number of nitrogens with two attached hydrogens (primary N) is 1. The highest BCUT2D eigenvalue weighted by atomic mass is 16.5. The molecule has 0 radical (unpaired) electrons. The van der Waals surface area contributed by atoms with Crippen molar-refractivity contribution in [3.8, 4) is 0 Å². The zero-order valence-electron chi connectivity index (χ0n) is 11.0. The third kappa shape index (κ3) is 2.20. The van der Waals surface area contributed by atoms with Crippen molar-refractivity contribution < 1.29 is 4.74 Å². The summed E-state index contributed by atoms with van der Waals surface area (Å²) in [4.78, 5) is 28.4. The molecule has 0 bridgehead atoms. The van der Waals surface area contributed by atoms with Crippen molar-refractivity contribution in [3.05, 3.63) is 27.2 Å². The molecular formula is C11H17N5O3. The first-order chi connectivity index (χ1) is 9.11. The normalized spacial score (nSPS) is 11.3. The first-order valence-electron chi connectivity index (χ1n) is 5.95. The number of imidazole rings is 1. The second kappa shape index (κ2) is 5.37. The van der Waals surface area contributed by atoms with Gasteiger partial charge < -0.3 is 15.0 Å². The molecule has 8 heteroatoms. The van der Waals surface area contributed by atoms with E-state index < -0.39 is 5.69 Å². The van der Waals surface area contributed by atoms with Crippen molar-refractivity contribution in [1.29, 1.82) is 0 Å². The fraction of sp³-hybridized carbons (Fsp3) is 0.545. The lowest BCUT2D eigenvalue weighted by atomic mass is 10.4. The maximum Gasteiger partial charge on any atom is 0.332 e. The van der Waals surface area contributed by atoms with E-state index in [0.717, 1.165) is 4.57 Å². The molecule has 0 unspecified atom stereocenters. The van der Waals surface area contributed by atoms with E-state index >= 15 is 0 Å². The number of rotatable bonds is 5. The molecule has 0 spiro atoms. The SMILES string of the molecule is COCCn1c(=O)n(C)c(=O)c2c1ncn2CCN. The Morgan fingerprint density at radius 3 is 2.74 bits per heavy atom. The average molecular weight is 267 g/mol. The summed E-state index contributed by atoms with van der Waals surface area (Å²) in [6, 6.07) is 0. The van der Waals surface area contributed by atoms with E-state index in [1.54, 1.807) is 11.7 Å². The van der Waals surface area contributed by atoms with Crippen molar-refractivity contribution >= 4 is 11.2 Å². The van der Waals surface area contributed by atoms with Crippen LogP contribution in [-0.4, -0.2) is 38.9 Å². The Hall–Kier alpha value is -1.93. The first kappa shape index (κ1) is 13.5. The highest BCUT2D eigenvalue weighted by Crippen LogP contribution is 2.05. The molecule has 0 amide bonds. The Labute approximate surface area is 109 Å². The van der Waals surface area contributed by atoms with Crippen LogP contribution in [0.1, 0.15) is 0 Å². The van der Waals surface area contributed by atoms with E-state index in [0.29, 0.717) is 37.4 Å². The molecule has 0 saturated heterocycles. The fourth-order valence-electron chi connectivity index (χ4n) is 2.00. The van der Waals surface area contributed by atoms with Gasteiger partial charge in [0.2, 0.25) is 0 Å². The number of fused-ring (bicyclic) bond motifs is 1. The van der Waals surface area contributed by atoms with Crippen LogP contribution < -0.4 is 17.0 Å². The van der Waals surface area contributed by atoms with E-state index in [1.807, 2.05) is 0 Å². The van der Waals surface area contributed by atoms with Crippen LogP contribution in [0.15, 0.2) is 15.9 Å². The summed E-state index contributed by atoms with van der Waals surface area (Å²) in [7, 11) is 3.00. The van der Waals surface area contributed by atoms with Gasteiger partial charge in [0.1, 0.15) is 0 Å². The summed E-state index contributed by atoms with van der Waals surface area (Å²) in [5, 5.41) is 0. The maximum atomic E-state index is 12.1. The zero-order chi connectivity index (χ0) is 14.0. The van der Waals surface area contributed by atoms with Crippen molar-refractivity contribution in [2.24, 2.45) is 12.8 Å². The van der Waals surface area contributed by atoms with E-state index in [-0.39, 0.29) is 5.56 Å². The number of nitrogens with zero attached hydrogens (tertiary/aromatic N) is 4. The lowest BCUT2D eigenvalue weighted by Crippen LogP contribution is -2.39. The smallest absolute Gasteiger partial charge is 0.332 e. The van der Waals surface area contributed by atoms with Gasteiger partial charge in [0.25, 0.3) is 5.56 Å². The molecule has 0 saturated carbocycles. The zero-order valence-corrected chi connectivity index (χ0v) is 11.0. The lowest BCUT2D eigenvalue weighted by Gasteiger charge is -2.09. The van der Waals surface area contributed by atoms with Gasteiger partial charge in [0.15, 0.2) is 11.2 Å². The van der Waals surface area contributed by atoms with Crippen LogP contribution in [0.25, 0.3) is 11.2 Å². The third-order valence-electron chi connectivity index (χ3n) is 2.99. The van der Waals surface area contributed by atoms with E-state index in [1.165, 1.54) is 17.9 Å². The summed E-state index contributed by atoms with van der Waals surface area (Å²) in [6.07, 6.45) is 1.53. The summed E-state index contributed by atoms with van der Waals surface area (Å²) < 4.78 is 9.15. The number of aromatic nitrogens is 4. The third-order valence-corrected chi connectivity index (χ3v) is 2.99. The van der Waals surface area contributed by atoms with Crippen LogP contribution in [0.4, 0.5) is 0 Å². The monoisotopic (exact) mass is 267 g/mol. The van der Waals surface area contributed by atoms with Gasteiger partial charge in [0, 0.05) is 27.2 Å². The fourth-order valence-corrected chi connectivity index (χ4v) is 2.00. The molecule has 2 aromatic heterocycles. The molecule has 8 nitrogen and oxygen atoms in total. The van der Waals surface area contributed by atoms with Gasteiger partial charge in [-0.15, -0.1) is 0 Å². The Kier molecular flexibility index (Phi) is 3.82. The van der Waals surface area contributed by atoms with Crippen LogP contribution in [0.2, 0.25) is 0 Å². The molecular weight excluding hydrogens is 250 g/mol. The highest BCUT2D eigenvalue weighted by Gasteiger charge is 2.15. The summed E-state index contributed by atoms with van der Waals surface area (Å²) in [6.45, 7) is 1.59. The molecule has 0 aliphatic heterocycles. The summed E-state index contributed by atoms with van der Waals surface area (Å²) in [5.74, 6) is 0. The van der Waals surface area contributed by atoms with Crippen LogP contribution in [0, 0.1) is 0 Å².